The number of likely N-dealkylation sites (tertiary alicyclic amines) is 1. The third-order valence-corrected chi connectivity index (χ3v) is 6.92. The smallest absolute Gasteiger partial charge is 0.295 e. The molecule has 0 radical (unpaired) electrons. The molecule has 1 atom stereocenters. The summed E-state index contributed by atoms with van der Waals surface area (Å²) in [4.78, 5) is 34.9. The highest BCUT2D eigenvalue weighted by Gasteiger charge is 2.46. The number of hydrogen-bond donors (Lipinski definition) is 2. The molecule has 1 fully saturated rings. The first-order chi connectivity index (χ1) is 17.2. The van der Waals surface area contributed by atoms with E-state index >= 15 is 0 Å². The van der Waals surface area contributed by atoms with E-state index in [9.17, 15) is 19.8 Å². The van der Waals surface area contributed by atoms with Gasteiger partial charge in [-0.15, -0.1) is 0 Å². The molecule has 9 nitrogen and oxygen atoms in total. The number of Topliss-reactive ketones (excluding diaryl/α,β-unsaturated/α-hetero) is 1. The molecule has 4 rings (SSSR count). The summed E-state index contributed by atoms with van der Waals surface area (Å²) in [5, 5.41) is 21.6. The predicted octanol–water partition coefficient (Wildman–Crippen LogP) is 3.43. The van der Waals surface area contributed by atoms with Gasteiger partial charge in [0.25, 0.3) is 11.7 Å². The van der Waals surface area contributed by atoms with Crippen molar-refractivity contribution in [2.24, 2.45) is 0 Å². The molecule has 3 heterocycles. The zero-order valence-electron chi connectivity index (χ0n) is 21.3. The lowest BCUT2D eigenvalue weighted by atomic mass is 9.96. The van der Waals surface area contributed by atoms with E-state index in [1.807, 2.05) is 50.4 Å². The Bertz CT molecular complexity index is 1360. The molecule has 2 N–H and O–H groups in total. The van der Waals surface area contributed by atoms with Gasteiger partial charge < -0.3 is 29.2 Å². The summed E-state index contributed by atoms with van der Waals surface area (Å²) >= 11 is 0. The number of imidazole rings is 1. The molecule has 190 valence electrons. The summed E-state index contributed by atoms with van der Waals surface area (Å²) in [7, 11) is 1.43. The van der Waals surface area contributed by atoms with Crippen LogP contribution in [-0.2, 0) is 9.59 Å². The summed E-state index contributed by atoms with van der Waals surface area (Å²) in [6, 6.07) is 7.62. The second kappa shape index (κ2) is 10.0. The number of pyridine rings is 1. The van der Waals surface area contributed by atoms with Crippen molar-refractivity contribution in [3.05, 3.63) is 64.6 Å². The van der Waals surface area contributed by atoms with Crippen molar-refractivity contribution in [3.63, 3.8) is 0 Å². The first-order valence-corrected chi connectivity index (χ1v) is 12.1. The molecular formula is C27H32N4O5. The van der Waals surface area contributed by atoms with E-state index in [-0.39, 0.29) is 28.5 Å². The number of ether oxygens (including phenoxy) is 1. The van der Waals surface area contributed by atoms with Crippen LogP contribution < -0.4 is 4.74 Å². The number of carbonyl (C=O) groups excluding carboxylic acids is 2. The van der Waals surface area contributed by atoms with E-state index in [4.69, 9.17) is 4.74 Å². The molecule has 1 saturated heterocycles. The standard InChI is InChI=1S/C27H32N4O5/c1-6-29(7-2)13-14-31-23(18-10-11-19(32)20(15-18)36-5)21(25(34)27(31)35)24(33)22-17(4)30-12-8-9-16(3)26(30)28-22/h8-12,15,23,32-33H,6-7,13-14H2,1-5H3/b24-21+. The van der Waals surface area contributed by atoms with E-state index in [1.54, 1.807) is 12.1 Å². The van der Waals surface area contributed by atoms with Gasteiger partial charge in [-0.25, -0.2) is 4.98 Å². The molecule has 0 aliphatic carbocycles. The number of aliphatic hydroxyl groups excluding tert-OH is 1. The van der Waals surface area contributed by atoms with Gasteiger partial charge in [0.05, 0.1) is 24.4 Å². The first kappa shape index (κ1) is 25.2. The Kier molecular flexibility index (Phi) is 7.03. The maximum absolute atomic E-state index is 13.4. The summed E-state index contributed by atoms with van der Waals surface area (Å²) in [6.45, 7) is 10.3. The lowest BCUT2D eigenvalue weighted by Gasteiger charge is -2.28. The Balaban J connectivity index is 1.90. The molecule has 0 bridgehead atoms. The van der Waals surface area contributed by atoms with Gasteiger partial charge in [0.2, 0.25) is 0 Å². The van der Waals surface area contributed by atoms with E-state index in [0.29, 0.717) is 30.0 Å². The quantitative estimate of drug-likeness (QED) is 0.282. The second-order valence-corrected chi connectivity index (χ2v) is 8.88. The van der Waals surface area contributed by atoms with Crippen molar-refractivity contribution in [1.82, 2.24) is 19.2 Å². The van der Waals surface area contributed by atoms with Crippen molar-refractivity contribution in [3.8, 4) is 11.5 Å². The molecular weight excluding hydrogens is 460 g/mol. The predicted molar refractivity (Wildman–Crippen MR) is 136 cm³/mol. The van der Waals surface area contributed by atoms with E-state index in [2.05, 4.69) is 9.88 Å². The van der Waals surface area contributed by atoms with Gasteiger partial charge in [-0.1, -0.05) is 26.0 Å². The van der Waals surface area contributed by atoms with Gasteiger partial charge in [0.15, 0.2) is 17.3 Å². The summed E-state index contributed by atoms with van der Waals surface area (Å²) in [5.41, 5.74) is 3.00. The number of carbonyl (C=O) groups is 2. The number of aliphatic hydroxyl groups is 1. The number of aryl methyl sites for hydroxylation is 2. The molecule has 2 aromatic heterocycles. The Morgan fingerprint density at radius 3 is 2.53 bits per heavy atom. The maximum atomic E-state index is 13.4. The number of hydrogen-bond acceptors (Lipinski definition) is 7. The number of phenolic OH excluding ortho intramolecular Hbond substituents is 1. The topological polar surface area (TPSA) is 108 Å². The third-order valence-electron chi connectivity index (χ3n) is 6.92. The Hall–Kier alpha value is -3.85. The van der Waals surface area contributed by atoms with E-state index < -0.39 is 17.7 Å². The minimum absolute atomic E-state index is 0.0311. The van der Waals surface area contributed by atoms with Crippen molar-refractivity contribution in [2.45, 2.75) is 33.7 Å². The van der Waals surface area contributed by atoms with Crippen molar-refractivity contribution in [2.75, 3.05) is 33.3 Å². The van der Waals surface area contributed by atoms with Crippen LogP contribution in [0.5, 0.6) is 11.5 Å². The summed E-state index contributed by atoms with van der Waals surface area (Å²) < 4.78 is 7.13. The lowest BCUT2D eigenvalue weighted by molar-refractivity contribution is -0.140. The van der Waals surface area contributed by atoms with Crippen LogP contribution in [0.3, 0.4) is 0 Å². The molecule has 9 heteroatoms. The molecule has 1 unspecified atom stereocenters. The number of fused-ring (bicyclic) bond motifs is 1. The van der Waals surface area contributed by atoms with Crippen LogP contribution in [-0.4, -0.2) is 74.4 Å². The van der Waals surface area contributed by atoms with Crippen LogP contribution >= 0.6 is 0 Å². The van der Waals surface area contributed by atoms with Crippen LogP contribution in [0.15, 0.2) is 42.1 Å². The fourth-order valence-electron chi connectivity index (χ4n) is 4.78. The molecule has 1 amide bonds. The zero-order chi connectivity index (χ0) is 26.1. The zero-order valence-corrected chi connectivity index (χ0v) is 21.3. The molecule has 1 aliphatic heterocycles. The number of aromatic nitrogens is 2. The Morgan fingerprint density at radius 2 is 1.89 bits per heavy atom. The molecule has 0 spiro atoms. The van der Waals surface area contributed by atoms with Gasteiger partial charge in [-0.05, 0) is 56.3 Å². The van der Waals surface area contributed by atoms with E-state index in [0.717, 1.165) is 18.7 Å². The normalized spacial score (nSPS) is 17.5. The van der Waals surface area contributed by atoms with Gasteiger partial charge in [-0.3, -0.25) is 9.59 Å². The highest BCUT2D eigenvalue weighted by molar-refractivity contribution is 6.46. The number of ketones is 1. The molecule has 36 heavy (non-hydrogen) atoms. The second-order valence-electron chi connectivity index (χ2n) is 8.88. The molecule has 1 aromatic carbocycles. The van der Waals surface area contributed by atoms with Crippen LogP contribution in [0.2, 0.25) is 0 Å². The van der Waals surface area contributed by atoms with Crippen LogP contribution in [0.1, 0.15) is 42.4 Å². The highest BCUT2D eigenvalue weighted by Crippen LogP contribution is 2.42. The number of amides is 1. The molecule has 0 saturated carbocycles. The minimum atomic E-state index is -0.861. The lowest BCUT2D eigenvalue weighted by Crippen LogP contribution is -2.38. The van der Waals surface area contributed by atoms with Gasteiger partial charge in [-0.2, -0.15) is 0 Å². The Morgan fingerprint density at radius 1 is 1.17 bits per heavy atom. The molecule has 1 aliphatic rings. The van der Waals surface area contributed by atoms with Crippen LogP contribution in [0.4, 0.5) is 0 Å². The number of likely N-dealkylation sites (N-methyl/N-ethyl adjacent to an activating group) is 1. The Labute approximate surface area is 210 Å². The fourth-order valence-corrected chi connectivity index (χ4v) is 4.78. The highest BCUT2D eigenvalue weighted by atomic mass is 16.5. The number of phenols is 1. The first-order valence-electron chi connectivity index (χ1n) is 12.1. The average Bonchev–Trinajstić information content (AvgIpc) is 3.34. The number of aromatic hydroxyl groups is 1. The van der Waals surface area contributed by atoms with Crippen molar-refractivity contribution >= 4 is 23.1 Å². The van der Waals surface area contributed by atoms with E-state index in [1.165, 1.54) is 18.1 Å². The van der Waals surface area contributed by atoms with Crippen LogP contribution in [0.25, 0.3) is 11.4 Å². The number of rotatable bonds is 8. The number of methoxy groups -OCH3 is 1. The minimum Gasteiger partial charge on any atom is -0.505 e. The van der Waals surface area contributed by atoms with Gasteiger partial charge >= 0.3 is 0 Å². The number of benzene rings is 1. The number of nitrogens with zero attached hydrogens (tertiary/aromatic N) is 4. The monoisotopic (exact) mass is 492 g/mol. The fraction of sp³-hybridized carbons (Fsp3) is 0.370. The average molecular weight is 493 g/mol. The largest absolute Gasteiger partial charge is 0.505 e. The SMILES string of the molecule is CCN(CC)CCN1C(=O)C(=O)/C(=C(/O)c2nc3c(C)cccn3c2C)C1c1ccc(O)c(OC)c1. The van der Waals surface area contributed by atoms with Gasteiger partial charge in [0, 0.05) is 19.3 Å². The maximum Gasteiger partial charge on any atom is 0.295 e. The molecule has 3 aromatic rings. The van der Waals surface area contributed by atoms with Crippen molar-refractivity contribution in [1.29, 1.82) is 0 Å². The van der Waals surface area contributed by atoms with Crippen molar-refractivity contribution < 1.29 is 24.5 Å². The van der Waals surface area contributed by atoms with Gasteiger partial charge in [0.1, 0.15) is 11.3 Å². The third kappa shape index (κ3) is 4.19. The van der Waals surface area contributed by atoms with Crippen LogP contribution in [0, 0.1) is 13.8 Å². The summed E-state index contributed by atoms with van der Waals surface area (Å²) in [6.07, 6.45) is 1.84. The summed E-state index contributed by atoms with van der Waals surface area (Å²) in [5.74, 6) is -1.62.